The van der Waals surface area contributed by atoms with Gasteiger partial charge in [-0.2, -0.15) is 0 Å². The van der Waals surface area contributed by atoms with Crippen molar-refractivity contribution in [3.63, 3.8) is 0 Å². The van der Waals surface area contributed by atoms with E-state index in [1.165, 1.54) is 18.3 Å². The lowest BCUT2D eigenvalue weighted by atomic mass is 10.2. The summed E-state index contributed by atoms with van der Waals surface area (Å²) in [5.41, 5.74) is 1.34. The summed E-state index contributed by atoms with van der Waals surface area (Å²) in [7, 11) is 0. The zero-order valence-electron chi connectivity index (χ0n) is 10.8. The first-order valence-electron chi connectivity index (χ1n) is 5.93. The van der Waals surface area contributed by atoms with E-state index in [-0.39, 0.29) is 12.3 Å². The van der Waals surface area contributed by atoms with Gasteiger partial charge in [-0.1, -0.05) is 16.8 Å². The number of oxime groups is 1. The molecule has 0 saturated heterocycles. The molecular weight excluding hydrogens is 296 g/mol. The molecule has 21 heavy (non-hydrogen) atoms. The third kappa shape index (κ3) is 3.93. The molecule has 0 aliphatic rings. The van der Waals surface area contributed by atoms with E-state index in [1.807, 2.05) is 0 Å². The van der Waals surface area contributed by atoms with Gasteiger partial charge in [-0.25, -0.2) is 0 Å². The number of hydrogen-bond donors (Lipinski definition) is 1. The minimum absolute atomic E-state index is 0.0262. The lowest BCUT2D eigenvalue weighted by Gasteiger charge is -2.09. The summed E-state index contributed by atoms with van der Waals surface area (Å²) in [4.78, 5) is 10.1. The number of ether oxygens (including phenoxy) is 1. The molecular formula is C14H11ClN2O4. The van der Waals surface area contributed by atoms with Crippen LogP contribution >= 0.6 is 11.6 Å². The molecule has 0 amide bonds. The number of halogens is 1. The number of non-ortho nitro benzene ring substituents is 1. The molecule has 0 spiro atoms. The van der Waals surface area contributed by atoms with Crippen LogP contribution in [0.5, 0.6) is 5.75 Å². The summed E-state index contributed by atoms with van der Waals surface area (Å²) in [6, 6.07) is 11.0. The lowest BCUT2D eigenvalue weighted by molar-refractivity contribution is -0.384. The Balaban J connectivity index is 2.10. The summed E-state index contributed by atoms with van der Waals surface area (Å²) in [5, 5.41) is 22.6. The van der Waals surface area contributed by atoms with Crippen LogP contribution in [0.2, 0.25) is 5.02 Å². The van der Waals surface area contributed by atoms with Crippen molar-refractivity contribution in [1.82, 2.24) is 0 Å². The molecule has 6 nitrogen and oxygen atoms in total. The van der Waals surface area contributed by atoms with Crippen molar-refractivity contribution in [1.29, 1.82) is 0 Å². The first kappa shape index (κ1) is 14.8. The van der Waals surface area contributed by atoms with Gasteiger partial charge in [0.15, 0.2) is 0 Å². The Labute approximate surface area is 125 Å². The minimum atomic E-state index is -0.459. The molecule has 2 aromatic carbocycles. The molecule has 0 heterocycles. The number of nitro groups is 1. The summed E-state index contributed by atoms with van der Waals surface area (Å²) in [5.74, 6) is 0.496. The SMILES string of the molecule is O=[N+]([O-])c1ccc(COc2ccc(Cl)cc2/C=N\O)cc1. The van der Waals surface area contributed by atoms with E-state index in [2.05, 4.69) is 5.16 Å². The Hall–Kier alpha value is -2.60. The average molecular weight is 307 g/mol. The normalized spacial score (nSPS) is 10.7. The van der Waals surface area contributed by atoms with Crippen molar-refractivity contribution < 1.29 is 14.9 Å². The van der Waals surface area contributed by atoms with Gasteiger partial charge >= 0.3 is 0 Å². The van der Waals surface area contributed by atoms with E-state index in [0.29, 0.717) is 16.3 Å². The molecule has 2 aromatic rings. The second kappa shape index (κ2) is 6.71. The number of benzene rings is 2. The number of nitrogens with zero attached hydrogens (tertiary/aromatic N) is 2. The highest BCUT2D eigenvalue weighted by Crippen LogP contribution is 2.23. The van der Waals surface area contributed by atoms with Crippen LogP contribution in [0.3, 0.4) is 0 Å². The number of rotatable bonds is 5. The average Bonchev–Trinajstić information content (AvgIpc) is 2.47. The molecule has 108 valence electrons. The number of hydrogen-bond acceptors (Lipinski definition) is 5. The fraction of sp³-hybridized carbons (Fsp3) is 0.0714. The van der Waals surface area contributed by atoms with Gasteiger partial charge in [0.2, 0.25) is 0 Å². The van der Waals surface area contributed by atoms with Gasteiger partial charge in [0.05, 0.1) is 11.1 Å². The topological polar surface area (TPSA) is 85.0 Å². The maximum atomic E-state index is 10.6. The monoisotopic (exact) mass is 306 g/mol. The van der Waals surface area contributed by atoms with Crippen molar-refractivity contribution in [3.05, 3.63) is 68.7 Å². The Bertz CT molecular complexity index is 671. The molecule has 0 bridgehead atoms. The van der Waals surface area contributed by atoms with Crippen molar-refractivity contribution in [3.8, 4) is 5.75 Å². The van der Waals surface area contributed by atoms with Crippen LogP contribution in [0.15, 0.2) is 47.6 Å². The van der Waals surface area contributed by atoms with E-state index in [0.717, 1.165) is 5.56 Å². The summed E-state index contributed by atoms with van der Waals surface area (Å²) in [6.07, 6.45) is 1.22. The van der Waals surface area contributed by atoms with Crippen molar-refractivity contribution in [2.75, 3.05) is 0 Å². The highest BCUT2D eigenvalue weighted by Gasteiger charge is 2.06. The molecule has 0 saturated carbocycles. The van der Waals surface area contributed by atoms with E-state index < -0.39 is 4.92 Å². The largest absolute Gasteiger partial charge is 0.488 e. The smallest absolute Gasteiger partial charge is 0.269 e. The third-order valence-electron chi connectivity index (χ3n) is 2.71. The van der Waals surface area contributed by atoms with Gasteiger partial charge in [-0.3, -0.25) is 10.1 Å². The van der Waals surface area contributed by atoms with Gasteiger partial charge in [-0.05, 0) is 35.9 Å². The van der Waals surface area contributed by atoms with Crippen LogP contribution in [0.4, 0.5) is 5.69 Å². The third-order valence-corrected chi connectivity index (χ3v) is 2.95. The predicted molar refractivity (Wildman–Crippen MR) is 78.3 cm³/mol. The molecule has 0 aliphatic carbocycles. The van der Waals surface area contributed by atoms with Crippen LogP contribution in [0.25, 0.3) is 0 Å². The molecule has 7 heteroatoms. The van der Waals surface area contributed by atoms with Crippen molar-refractivity contribution in [2.45, 2.75) is 6.61 Å². The van der Waals surface area contributed by atoms with Crippen molar-refractivity contribution >= 4 is 23.5 Å². The standard InChI is InChI=1S/C14H11ClN2O4/c15-12-3-6-14(11(7-12)8-16-18)21-9-10-1-4-13(5-2-10)17(19)20/h1-8,18H,9H2/b16-8-. The highest BCUT2D eigenvalue weighted by atomic mass is 35.5. The van der Waals surface area contributed by atoms with Crippen molar-refractivity contribution in [2.24, 2.45) is 5.16 Å². The Morgan fingerprint density at radius 2 is 2.00 bits per heavy atom. The van der Waals surface area contributed by atoms with Gasteiger partial charge in [-0.15, -0.1) is 0 Å². The molecule has 1 N–H and O–H groups in total. The molecule has 2 rings (SSSR count). The summed E-state index contributed by atoms with van der Waals surface area (Å²) < 4.78 is 5.60. The quantitative estimate of drug-likeness (QED) is 0.395. The van der Waals surface area contributed by atoms with Crippen LogP contribution in [-0.2, 0) is 6.61 Å². The maximum absolute atomic E-state index is 10.6. The first-order chi connectivity index (χ1) is 10.1. The Kier molecular flexibility index (Phi) is 4.73. The molecule has 0 aromatic heterocycles. The Morgan fingerprint density at radius 3 is 2.62 bits per heavy atom. The van der Waals surface area contributed by atoms with Crippen LogP contribution in [-0.4, -0.2) is 16.3 Å². The van der Waals surface area contributed by atoms with Crippen LogP contribution in [0.1, 0.15) is 11.1 Å². The Morgan fingerprint density at radius 1 is 1.29 bits per heavy atom. The second-order valence-electron chi connectivity index (χ2n) is 4.14. The minimum Gasteiger partial charge on any atom is -0.488 e. The summed E-state index contributed by atoms with van der Waals surface area (Å²) >= 11 is 5.85. The first-order valence-corrected chi connectivity index (χ1v) is 6.31. The van der Waals surface area contributed by atoms with E-state index in [4.69, 9.17) is 21.5 Å². The van der Waals surface area contributed by atoms with Gasteiger partial charge in [0.1, 0.15) is 12.4 Å². The van der Waals surface area contributed by atoms with Crippen LogP contribution in [0, 0.1) is 10.1 Å². The second-order valence-corrected chi connectivity index (χ2v) is 4.58. The lowest BCUT2D eigenvalue weighted by Crippen LogP contribution is -1.99. The molecule has 0 radical (unpaired) electrons. The molecule has 0 unspecified atom stereocenters. The molecule has 0 aliphatic heterocycles. The molecule has 0 fully saturated rings. The van der Waals surface area contributed by atoms with Gasteiger partial charge in [0, 0.05) is 22.7 Å². The fourth-order valence-corrected chi connectivity index (χ4v) is 1.87. The zero-order valence-corrected chi connectivity index (χ0v) is 11.5. The van der Waals surface area contributed by atoms with E-state index in [9.17, 15) is 10.1 Å². The molecule has 0 atom stereocenters. The number of nitro benzene ring substituents is 1. The highest BCUT2D eigenvalue weighted by molar-refractivity contribution is 6.30. The zero-order chi connectivity index (χ0) is 15.2. The van der Waals surface area contributed by atoms with Crippen LogP contribution < -0.4 is 4.74 Å². The van der Waals surface area contributed by atoms with E-state index in [1.54, 1.807) is 30.3 Å². The summed E-state index contributed by atoms with van der Waals surface area (Å²) in [6.45, 7) is 0.228. The fourth-order valence-electron chi connectivity index (χ4n) is 1.69. The van der Waals surface area contributed by atoms with E-state index >= 15 is 0 Å². The predicted octanol–water partition coefficient (Wildman–Crippen LogP) is 3.64. The van der Waals surface area contributed by atoms with Gasteiger partial charge in [0.25, 0.3) is 5.69 Å². The maximum Gasteiger partial charge on any atom is 0.269 e. The van der Waals surface area contributed by atoms with Gasteiger partial charge < -0.3 is 9.94 Å².